The van der Waals surface area contributed by atoms with E-state index >= 15 is 0 Å². The maximum absolute atomic E-state index is 12.8. The normalized spacial score (nSPS) is 23.3. The number of furan rings is 1. The van der Waals surface area contributed by atoms with Crippen molar-refractivity contribution in [1.29, 1.82) is 0 Å². The maximum Gasteiger partial charge on any atom is 0.273 e. The molecule has 0 spiro atoms. The smallest absolute Gasteiger partial charge is 0.273 e. The van der Waals surface area contributed by atoms with Crippen LogP contribution < -0.4 is 0 Å². The van der Waals surface area contributed by atoms with Crippen LogP contribution in [0.4, 0.5) is 0 Å². The number of carbonyl (C=O) groups excluding carboxylic acids is 1. The van der Waals surface area contributed by atoms with Gasteiger partial charge in [-0.05, 0) is 43.2 Å². The Labute approximate surface area is 129 Å². The molecule has 116 valence electrons. The van der Waals surface area contributed by atoms with Crippen molar-refractivity contribution < 1.29 is 13.9 Å². The van der Waals surface area contributed by atoms with E-state index in [4.69, 9.17) is 9.15 Å². The fraction of sp³-hybridized carbons (Fsp3) is 0.529. The van der Waals surface area contributed by atoms with E-state index in [1.54, 1.807) is 18.5 Å². The van der Waals surface area contributed by atoms with Crippen LogP contribution in [0.1, 0.15) is 29.8 Å². The van der Waals surface area contributed by atoms with Crippen LogP contribution in [-0.2, 0) is 4.74 Å². The number of likely N-dealkylation sites (tertiary alicyclic amines) is 1. The zero-order chi connectivity index (χ0) is 14.9. The molecule has 0 bridgehead atoms. The number of rotatable bonds is 2. The van der Waals surface area contributed by atoms with Crippen molar-refractivity contribution in [2.45, 2.75) is 19.3 Å². The van der Waals surface area contributed by atoms with Gasteiger partial charge in [-0.1, -0.05) is 0 Å². The lowest BCUT2D eigenvalue weighted by atomic mass is 9.85. The van der Waals surface area contributed by atoms with Crippen LogP contribution in [0.3, 0.4) is 0 Å². The number of fused-ring (bicyclic) bond motifs is 1. The molecule has 0 saturated carbocycles. The Balaban J connectivity index is 1.50. The van der Waals surface area contributed by atoms with Crippen molar-refractivity contribution in [2.75, 3.05) is 26.3 Å². The predicted molar refractivity (Wildman–Crippen MR) is 81.6 cm³/mol. The van der Waals surface area contributed by atoms with Gasteiger partial charge in [0.05, 0.1) is 11.6 Å². The number of carbonyl (C=O) groups is 1. The lowest BCUT2D eigenvalue weighted by molar-refractivity contribution is 0.0471. The summed E-state index contributed by atoms with van der Waals surface area (Å²) >= 11 is 0. The Morgan fingerprint density at radius 3 is 2.91 bits per heavy atom. The first-order chi connectivity index (χ1) is 10.8. The molecule has 1 unspecified atom stereocenters. The monoisotopic (exact) mass is 300 g/mol. The third-order valence-electron chi connectivity index (χ3n) is 5.03. The van der Waals surface area contributed by atoms with Crippen LogP contribution in [0.2, 0.25) is 0 Å². The summed E-state index contributed by atoms with van der Waals surface area (Å²) < 4.78 is 10.8. The van der Waals surface area contributed by atoms with Gasteiger partial charge in [0.25, 0.3) is 5.91 Å². The lowest BCUT2D eigenvalue weighted by Crippen LogP contribution is -2.31. The Morgan fingerprint density at radius 2 is 2.05 bits per heavy atom. The lowest BCUT2D eigenvalue weighted by Gasteiger charge is -2.27. The molecule has 0 aliphatic carbocycles. The van der Waals surface area contributed by atoms with Gasteiger partial charge in [-0.25, -0.2) is 0 Å². The van der Waals surface area contributed by atoms with Crippen LogP contribution in [0.5, 0.6) is 0 Å². The molecule has 5 nitrogen and oxygen atoms in total. The first kappa shape index (κ1) is 13.8. The van der Waals surface area contributed by atoms with E-state index in [2.05, 4.69) is 4.98 Å². The molecule has 0 N–H and O–H groups in total. The molecule has 0 radical (unpaired) electrons. The molecular weight excluding hydrogens is 280 g/mol. The van der Waals surface area contributed by atoms with Gasteiger partial charge in [0, 0.05) is 32.5 Å². The maximum atomic E-state index is 12.8. The number of hydrogen-bond acceptors (Lipinski definition) is 4. The third-order valence-corrected chi connectivity index (χ3v) is 5.03. The minimum atomic E-state index is 0.0292. The highest BCUT2D eigenvalue weighted by Crippen LogP contribution is 2.32. The van der Waals surface area contributed by atoms with Gasteiger partial charge in [0.2, 0.25) is 0 Å². The molecule has 1 amide bonds. The van der Waals surface area contributed by atoms with Crippen molar-refractivity contribution >= 4 is 16.9 Å². The van der Waals surface area contributed by atoms with Crippen LogP contribution in [0.15, 0.2) is 29.0 Å². The van der Waals surface area contributed by atoms with Gasteiger partial charge in [-0.3, -0.25) is 9.78 Å². The van der Waals surface area contributed by atoms with E-state index in [1.807, 2.05) is 11.0 Å². The van der Waals surface area contributed by atoms with Crippen molar-refractivity contribution in [3.8, 4) is 0 Å². The van der Waals surface area contributed by atoms with Crippen LogP contribution in [-0.4, -0.2) is 42.1 Å². The molecule has 1 atom stereocenters. The average Bonchev–Trinajstić information content (AvgIpc) is 3.24. The summed E-state index contributed by atoms with van der Waals surface area (Å²) in [5, 5.41) is 0.807. The summed E-state index contributed by atoms with van der Waals surface area (Å²) in [4.78, 5) is 19.0. The summed E-state index contributed by atoms with van der Waals surface area (Å²) in [5.41, 5.74) is 1.23. The first-order valence-electron chi connectivity index (χ1n) is 8.02. The number of ether oxygens (including phenoxy) is 1. The van der Waals surface area contributed by atoms with E-state index in [1.165, 1.54) is 0 Å². The summed E-state index contributed by atoms with van der Waals surface area (Å²) in [7, 11) is 0. The fourth-order valence-corrected chi connectivity index (χ4v) is 3.76. The second kappa shape index (κ2) is 5.72. The molecule has 2 aliphatic heterocycles. The quantitative estimate of drug-likeness (QED) is 0.855. The van der Waals surface area contributed by atoms with Gasteiger partial charge in [0.1, 0.15) is 11.3 Å². The van der Waals surface area contributed by atoms with Crippen LogP contribution in [0, 0.1) is 11.8 Å². The van der Waals surface area contributed by atoms with Crippen molar-refractivity contribution in [3.05, 3.63) is 30.3 Å². The standard InChI is InChI=1S/C17H20N2O3/c20-17(16-14-5-10-22-15(14)1-6-18-16)19-7-2-13(11-19)12-3-8-21-9-4-12/h1,5-6,10,12-13H,2-4,7-9,11H2. The highest BCUT2D eigenvalue weighted by atomic mass is 16.5. The molecule has 2 fully saturated rings. The summed E-state index contributed by atoms with van der Waals surface area (Å²) in [6.07, 6.45) is 6.60. The minimum Gasteiger partial charge on any atom is -0.464 e. The largest absolute Gasteiger partial charge is 0.464 e. The number of hydrogen-bond donors (Lipinski definition) is 0. The molecule has 0 aromatic carbocycles. The molecule has 4 heterocycles. The topological polar surface area (TPSA) is 55.6 Å². The van der Waals surface area contributed by atoms with E-state index in [-0.39, 0.29) is 5.91 Å². The van der Waals surface area contributed by atoms with Gasteiger partial charge in [-0.2, -0.15) is 0 Å². The van der Waals surface area contributed by atoms with Crippen molar-refractivity contribution in [3.63, 3.8) is 0 Å². The Hall–Kier alpha value is -1.88. The van der Waals surface area contributed by atoms with Gasteiger partial charge in [0.15, 0.2) is 0 Å². The van der Waals surface area contributed by atoms with Crippen molar-refractivity contribution in [2.24, 2.45) is 11.8 Å². The minimum absolute atomic E-state index is 0.0292. The van der Waals surface area contributed by atoms with E-state index < -0.39 is 0 Å². The summed E-state index contributed by atoms with van der Waals surface area (Å²) in [6.45, 7) is 3.41. The van der Waals surface area contributed by atoms with Crippen LogP contribution in [0.25, 0.3) is 11.0 Å². The fourth-order valence-electron chi connectivity index (χ4n) is 3.76. The zero-order valence-electron chi connectivity index (χ0n) is 12.5. The number of nitrogens with zero attached hydrogens (tertiary/aromatic N) is 2. The zero-order valence-corrected chi connectivity index (χ0v) is 12.5. The van der Waals surface area contributed by atoms with Gasteiger partial charge in [-0.15, -0.1) is 0 Å². The van der Waals surface area contributed by atoms with Crippen molar-refractivity contribution in [1.82, 2.24) is 9.88 Å². The second-order valence-corrected chi connectivity index (χ2v) is 6.24. The highest BCUT2D eigenvalue weighted by Gasteiger charge is 2.33. The second-order valence-electron chi connectivity index (χ2n) is 6.24. The molecule has 5 heteroatoms. The number of pyridine rings is 1. The highest BCUT2D eigenvalue weighted by molar-refractivity contribution is 6.04. The molecule has 2 aromatic heterocycles. The summed E-state index contributed by atoms with van der Waals surface area (Å²) in [6, 6.07) is 3.61. The Bertz CT molecular complexity index is 675. The predicted octanol–water partition coefficient (Wildman–Crippen LogP) is 2.72. The van der Waals surface area contributed by atoms with E-state index in [0.29, 0.717) is 17.5 Å². The van der Waals surface area contributed by atoms with E-state index in [0.717, 1.165) is 56.5 Å². The first-order valence-corrected chi connectivity index (χ1v) is 8.02. The third kappa shape index (κ3) is 2.39. The Morgan fingerprint density at radius 1 is 1.18 bits per heavy atom. The van der Waals surface area contributed by atoms with Gasteiger partial charge < -0.3 is 14.1 Å². The molecule has 2 aliphatic rings. The average molecular weight is 300 g/mol. The molecule has 2 aromatic rings. The molecule has 2 saturated heterocycles. The SMILES string of the molecule is O=C(c1nccc2occc12)N1CCC(C2CCOCC2)C1. The summed E-state index contributed by atoms with van der Waals surface area (Å²) in [5.74, 6) is 1.34. The number of amides is 1. The van der Waals surface area contributed by atoms with E-state index in [9.17, 15) is 4.79 Å². The Kier molecular flexibility index (Phi) is 3.58. The van der Waals surface area contributed by atoms with Crippen LogP contribution >= 0.6 is 0 Å². The molecule has 4 rings (SSSR count). The molecular formula is C17H20N2O3. The molecule has 22 heavy (non-hydrogen) atoms. The number of aromatic nitrogens is 1. The van der Waals surface area contributed by atoms with Gasteiger partial charge >= 0.3 is 0 Å².